The summed E-state index contributed by atoms with van der Waals surface area (Å²) < 4.78 is 6.83. The van der Waals surface area contributed by atoms with E-state index in [4.69, 9.17) is 22.1 Å². The molecule has 6 heteroatoms. The Kier molecular flexibility index (Phi) is 6.70. The Balaban J connectivity index is 1.66. The van der Waals surface area contributed by atoms with Crippen molar-refractivity contribution in [3.05, 3.63) is 63.1 Å². The van der Waals surface area contributed by atoms with Crippen molar-refractivity contribution in [1.29, 1.82) is 0 Å². The highest BCUT2D eigenvalue weighted by Crippen LogP contribution is 2.25. The van der Waals surface area contributed by atoms with Crippen molar-refractivity contribution in [2.75, 3.05) is 26.2 Å². The lowest BCUT2D eigenvalue weighted by molar-refractivity contribution is 0.0939. The molecule has 26 heavy (non-hydrogen) atoms. The number of ether oxygens (including phenoxy) is 1. The first-order chi connectivity index (χ1) is 12.6. The van der Waals surface area contributed by atoms with E-state index in [0.717, 1.165) is 29.5 Å². The third-order valence-electron chi connectivity index (χ3n) is 4.66. The Morgan fingerprint density at radius 3 is 2.85 bits per heavy atom. The fourth-order valence-corrected chi connectivity index (χ4v) is 3.95. The van der Waals surface area contributed by atoms with Gasteiger partial charge in [-0.15, -0.1) is 0 Å². The number of carbonyl (C=O) groups is 1. The van der Waals surface area contributed by atoms with Gasteiger partial charge in [0.05, 0.1) is 12.1 Å². The Hall–Kier alpha value is -1.40. The van der Waals surface area contributed by atoms with E-state index in [1.54, 1.807) is 0 Å². The zero-order valence-electron chi connectivity index (χ0n) is 14.5. The average molecular weight is 438 g/mol. The van der Waals surface area contributed by atoms with E-state index in [2.05, 4.69) is 20.8 Å². The minimum atomic E-state index is 0.0773. The molecule has 0 aromatic heterocycles. The van der Waals surface area contributed by atoms with E-state index in [1.807, 2.05) is 42.5 Å². The summed E-state index contributed by atoms with van der Waals surface area (Å²) in [7, 11) is 0. The molecule has 2 N–H and O–H groups in total. The molecule has 0 bridgehead atoms. The van der Waals surface area contributed by atoms with Crippen molar-refractivity contribution < 1.29 is 9.53 Å². The van der Waals surface area contributed by atoms with Crippen molar-refractivity contribution in [1.82, 2.24) is 4.90 Å². The molecular weight excluding hydrogens is 416 g/mol. The standard InChI is InChI=1S/C20H22BrClN2O2/c21-18-9-16(22)6-5-15(18)13-26-20-4-2-1-3-17(20)19(25)12-24-8-7-14(10-23)11-24/h1-6,9,14H,7-8,10-13,23H2. The molecule has 0 amide bonds. The van der Waals surface area contributed by atoms with Gasteiger partial charge in [0.15, 0.2) is 5.78 Å². The minimum absolute atomic E-state index is 0.0773. The maximum absolute atomic E-state index is 12.8. The zero-order valence-corrected chi connectivity index (χ0v) is 16.8. The third kappa shape index (κ3) is 4.86. The number of hydrogen-bond acceptors (Lipinski definition) is 4. The highest BCUT2D eigenvalue weighted by molar-refractivity contribution is 9.10. The monoisotopic (exact) mass is 436 g/mol. The van der Waals surface area contributed by atoms with Crippen LogP contribution in [0.15, 0.2) is 46.9 Å². The van der Waals surface area contributed by atoms with E-state index < -0.39 is 0 Å². The Morgan fingerprint density at radius 2 is 2.12 bits per heavy atom. The second-order valence-electron chi connectivity index (χ2n) is 6.57. The number of nitrogens with zero attached hydrogens (tertiary/aromatic N) is 1. The molecule has 1 fully saturated rings. The molecule has 4 nitrogen and oxygen atoms in total. The average Bonchev–Trinajstić information content (AvgIpc) is 3.09. The van der Waals surface area contributed by atoms with E-state index in [-0.39, 0.29) is 5.78 Å². The van der Waals surface area contributed by atoms with Gasteiger partial charge < -0.3 is 10.5 Å². The molecule has 0 aliphatic carbocycles. The van der Waals surface area contributed by atoms with Gasteiger partial charge in [-0.3, -0.25) is 9.69 Å². The van der Waals surface area contributed by atoms with Gasteiger partial charge in [0.2, 0.25) is 0 Å². The molecule has 1 heterocycles. The second-order valence-corrected chi connectivity index (χ2v) is 7.86. The highest BCUT2D eigenvalue weighted by atomic mass is 79.9. The number of Topliss-reactive ketones (excluding diaryl/α,β-unsaturated/α-hetero) is 1. The number of likely N-dealkylation sites (tertiary alicyclic amines) is 1. The lowest BCUT2D eigenvalue weighted by Crippen LogP contribution is -2.29. The number of rotatable bonds is 7. The maximum atomic E-state index is 12.8. The van der Waals surface area contributed by atoms with Crippen LogP contribution >= 0.6 is 27.5 Å². The molecule has 0 radical (unpaired) electrons. The van der Waals surface area contributed by atoms with Gasteiger partial charge in [-0.25, -0.2) is 0 Å². The van der Waals surface area contributed by atoms with Crippen molar-refractivity contribution in [2.45, 2.75) is 13.0 Å². The van der Waals surface area contributed by atoms with Crippen LogP contribution in [0.25, 0.3) is 0 Å². The molecular formula is C20H22BrClN2O2. The third-order valence-corrected chi connectivity index (χ3v) is 5.63. The number of benzene rings is 2. The summed E-state index contributed by atoms with van der Waals surface area (Å²) in [5.74, 6) is 1.18. The van der Waals surface area contributed by atoms with Crippen LogP contribution in [0.4, 0.5) is 0 Å². The van der Waals surface area contributed by atoms with E-state index in [1.165, 1.54) is 0 Å². The van der Waals surface area contributed by atoms with Crippen molar-refractivity contribution in [3.8, 4) is 5.75 Å². The zero-order chi connectivity index (χ0) is 18.5. The predicted molar refractivity (Wildman–Crippen MR) is 108 cm³/mol. The Labute approximate surface area is 167 Å². The van der Waals surface area contributed by atoms with Crippen LogP contribution in [0.1, 0.15) is 22.3 Å². The normalized spacial score (nSPS) is 17.4. The van der Waals surface area contributed by atoms with Crippen molar-refractivity contribution >= 4 is 33.3 Å². The largest absolute Gasteiger partial charge is 0.488 e. The summed E-state index contributed by atoms with van der Waals surface area (Å²) in [6.07, 6.45) is 1.06. The van der Waals surface area contributed by atoms with Gasteiger partial charge in [0, 0.05) is 21.6 Å². The Bertz CT molecular complexity index is 784. The van der Waals surface area contributed by atoms with E-state index >= 15 is 0 Å². The molecule has 138 valence electrons. The van der Waals surface area contributed by atoms with Gasteiger partial charge in [-0.2, -0.15) is 0 Å². The number of para-hydroxylation sites is 1. The summed E-state index contributed by atoms with van der Waals surface area (Å²) in [5.41, 5.74) is 7.33. The van der Waals surface area contributed by atoms with Gasteiger partial charge in [0.1, 0.15) is 12.4 Å². The first-order valence-electron chi connectivity index (χ1n) is 8.68. The SMILES string of the molecule is NCC1CCN(CC(=O)c2ccccc2OCc2ccc(Cl)cc2Br)C1. The Morgan fingerprint density at radius 1 is 1.31 bits per heavy atom. The molecule has 1 aliphatic heterocycles. The van der Waals surface area contributed by atoms with Gasteiger partial charge in [-0.1, -0.05) is 45.7 Å². The lowest BCUT2D eigenvalue weighted by Gasteiger charge is -2.16. The van der Waals surface area contributed by atoms with Crippen LogP contribution in [0, 0.1) is 5.92 Å². The first kappa shape index (κ1) is 19.4. The molecule has 2 aromatic carbocycles. The minimum Gasteiger partial charge on any atom is -0.488 e. The van der Waals surface area contributed by atoms with E-state index in [9.17, 15) is 4.79 Å². The fourth-order valence-electron chi connectivity index (χ4n) is 3.15. The number of ketones is 1. The summed E-state index contributed by atoms with van der Waals surface area (Å²) in [4.78, 5) is 14.9. The van der Waals surface area contributed by atoms with Crippen LogP contribution in [0.5, 0.6) is 5.75 Å². The number of hydrogen-bond donors (Lipinski definition) is 1. The molecule has 1 atom stereocenters. The van der Waals surface area contributed by atoms with Crippen LogP contribution in [0.3, 0.4) is 0 Å². The summed E-state index contributed by atoms with van der Waals surface area (Å²) in [5, 5.41) is 0.664. The maximum Gasteiger partial charge on any atom is 0.180 e. The molecule has 3 rings (SSSR count). The fraction of sp³-hybridized carbons (Fsp3) is 0.350. The molecule has 1 aliphatic rings. The number of halogens is 2. The van der Waals surface area contributed by atoms with Gasteiger partial charge in [-0.05, 0) is 49.7 Å². The lowest BCUT2D eigenvalue weighted by atomic mass is 10.1. The molecule has 2 aromatic rings. The summed E-state index contributed by atoms with van der Waals surface area (Å²) in [6, 6.07) is 13.0. The molecule has 0 spiro atoms. The summed E-state index contributed by atoms with van der Waals surface area (Å²) in [6.45, 7) is 3.26. The second kappa shape index (κ2) is 9.00. The smallest absolute Gasteiger partial charge is 0.180 e. The highest BCUT2D eigenvalue weighted by Gasteiger charge is 2.24. The molecule has 1 unspecified atom stereocenters. The van der Waals surface area contributed by atoms with Crippen LogP contribution in [0.2, 0.25) is 5.02 Å². The van der Waals surface area contributed by atoms with Crippen LogP contribution in [-0.2, 0) is 6.61 Å². The van der Waals surface area contributed by atoms with Crippen LogP contribution < -0.4 is 10.5 Å². The molecule has 0 saturated carbocycles. The van der Waals surface area contributed by atoms with Crippen LogP contribution in [-0.4, -0.2) is 36.9 Å². The molecule has 1 saturated heterocycles. The topological polar surface area (TPSA) is 55.6 Å². The number of nitrogens with two attached hydrogens (primary N) is 1. The number of carbonyl (C=O) groups excluding carboxylic acids is 1. The first-order valence-corrected chi connectivity index (χ1v) is 9.85. The van der Waals surface area contributed by atoms with Crippen molar-refractivity contribution in [2.24, 2.45) is 11.7 Å². The predicted octanol–water partition coefficient (Wildman–Crippen LogP) is 4.14. The summed E-state index contributed by atoms with van der Waals surface area (Å²) >= 11 is 9.47. The van der Waals surface area contributed by atoms with E-state index in [0.29, 0.717) is 41.9 Å². The van der Waals surface area contributed by atoms with Crippen molar-refractivity contribution in [3.63, 3.8) is 0 Å². The quantitative estimate of drug-likeness (QED) is 0.661. The van der Waals surface area contributed by atoms with Gasteiger partial charge in [0.25, 0.3) is 0 Å². The van der Waals surface area contributed by atoms with Gasteiger partial charge >= 0.3 is 0 Å².